The topological polar surface area (TPSA) is 107 Å². The summed E-state index contributed by atoms with van der Waals surface area (Å²) in [5, 5.41) is 14.3. The average Bonchev–Trinajstić information content (AvgIpc) is 3.37. The monoisotopic (exact) mass is 370 g/mol. The average molecular weight is 370 g/mol. The molecule has 0 aliphatic heterocycles. The summed E-state index contributed by atoms with van der Waals surface area (Å²) in [6.45, 7) is 0.401. The third kappa shape index (κ3) is 2.75. The van der Waals surface area contributed by atoms with Crippen LogP contribution in [0.3, 0.4) is 0 Å². The summed E-state index contributed by atoms with van der Waals surface area (Å²) >= 11 is 0. The number of tetrazole rings is 1. The van der Waals surface area contributed by atoms with Crippen molar-refractivity contribution in [3.05, 3.63) is 83.2 Å². The number of benzene rings is 2. The zero-order valence-electron chi connectivity index (χ0n) is 14.6. The molecule has 0 bridgehead atoms. The minimum atomic E-state index is -0.306. The van der Waals surface area contributed by atoms with E-state index in [0.29, 0.717) is 18.0 Å². The first-order valence-corrected chi connectivity index (χ1v) is 8.61. The zero-order chi connectivity index (χ0) is 18.9. The van der Waals surface area contributed by atoms with E-state index in [-0.39, 0.29) is 5.69 Å². The third-order valence-corrected chi connectivity index (χ3v) is 4.52. The molecule has 5 rings (SSSR count). The maximum atomic E-state index is 12.2. The van der Waals surface area contributed by atoms with E-state index in [2.05, 4.69) is 30.6 Å². The molecule has 0 amide bonds. The second-order valence-electron chi connectivity index (χ2n) is 6.21. The van der Waals surface area contributed by atoms with E-state index < -0.39 is 0 Å². The van der Waals surface area contributed by atoms with Crippen LogP contribution in [0.15, 0.2) is 71.9 Å². The van der Waals surface area contributed by atoms with Crippen LogP contribution in [0.25, 0.3) is 28.2 Å². The lowest BCUT2D eigenvalue weighted by Gasteiger charge is -2.09. The Bertz CT molecular complexity index is 1300. The van der Waals surface area contributed by atoms with Gasteiger partial charge in [-0.3, -0.25) is 0 Å². The van der Waals surface area contributed by atoms with Crippen molar-refractivity contribution in [2.24, 2.45) is 0 Å². The molecule has 0 saturated heterocycles. The van der Waals surface area contributed by atoms with Crippen LogP contribution < -0.4 is 5.69 Å². The van der Waals surface area contributed by atoms with E-state index in [1.807, 2.05) is 48.5 Å². The Balaban J connectivity index is 1.49. The molecule has 28 heavy (non-hydrogen) atoms. The molecule has 2 aromatic carbocycles. The van der Waals surface area contributed by atoms with Gasteiger partial charge in [-0.15, -0.1) is 10.2 Å². The van der Waals surface area contributed by atoms with Crippen LogP contribution in [-0.4, -0.2) is 39.8 Å². The van der Waals surface area contributed by atoms with Crippen LogP contribution in [0.2, 0.25) is 0 Å². The highest BCUT2D eigenvalue weighted by Crippen LogP contribution is 2.29. The van der Waals surface area contributed by atoms with Crippen LogP contribution in [0.4, 0.5) is 0 Å². The fourth-order valence-corrected chi connectivity index (χ4v) is 3.18. The molecule has 0 fully saturated rings. The number of hydrogen-bond donors (Lipinski definition) is 1. The second kappa shape index (κ2) is 6.54. The van der Waals surface area contributed by atoms with Crippen LogP contribution in [0.5, 0.6) is 0 Å². The predicted molar refractivity (Wildman–Crippen MR) is 101 cm³/mol. The van der Waals surface area contributed by atoms with Gasteiger partial charge in [-0.05, 0) is 21.9 Å². The minimum Gasteiger partial charge on any atom is -0.245 e. The van der Waals surface area contributed by atoms with Crippen LogP contribution in [-0.2, 0) is 6.54 Å². The van der Waals surface area contributed by atoms with Crippen molar-refractivity contribution in [1.82, 2.24) is 39.8 Å². The van der Waals surface area contributed by atoms with Crippen LogP contribution in [0, 0.1) is 0 Å². The van der Waals surface area contributed by atoms with E-state index in [1.54, 1.807) is 27.8 Å². The molecule has 0 aliphatic rings. The van der Waals surface area contributed by atoms with Crippen molar-refractivity contribution in [2.45, 2.75) is 6.54 Å². The summed E-state index contributed by atoms with van der Waals surface area (Å²) in [5.41, 5.74) is 4.18. The molecular weight excluding hydrogens is 356 g/mol. The molecule has 3 aromatic heterocycles. The third-order valence-electron chi connectivity index (χ3n) is 4.52. The zero-order valence-corrected chi connectivity index (χ0v) is 14.6. The van der Waals surface area contributed by atoms with Gasteiger partial charge in [0.2, 0.25) is 5.82 Å². The lowest BCUT2D eigenvalue weighted by molar-refractivity contribution is 0.607. The van der Waals surface area contributed by atoms with Crippen molar-refractivity contribution in [3.63, 3.8) is 0 Å². The highest BCUT2D eigenvalue weighted by Gasteiger charge is 2.11. The van der Waals surface area contributed by atoms with Crippen molar-refractivity contribution in [1.29, 1.82) is 0 Å². The van der Waals surface area contributed by atoms with Gasteiger partial charge in [0.15, 0.2) is 5.65 Å². The van der Waals surface area contributed by atoms with Crippen molar-refractivity contribution in [3.8, 4) is 22.5 Å². The van der Waals surface area contributed by atoms with Gasteiger partial charge in [-0.1, -0.05) is 48.5 Å². The summed E-state index contributed by atoms with van der Waals surface area (Å²) in [7, 11) is 0. The lowest BCUT2D eigenvalue weighted by Crippen LogP contribution is -2.21. The van der Waals surface area contributed by atoms with E-state index in [4.69, 9.17) is 0 Å². The Kier molecular flexibility index (Phi) is 3.75. The highest BCUT2D eigenvalue weighted by molar-refractivity contribution is 5.80. The van der Waals surface area contributed by atoms with Crippen molar-refractivity contribution < 1.29 is 0 Å². The molecule has 0 unspecified atom stereocenters. The van der Waals surface area contributed by atoms with Gasteiger partial charge in [-0.25, -0.2) is 19.0 Å². The van der Waals surface area contributed by atoms with Gasteiger partial charge in [-0.2, -0.15) is 10.2 Å². The summed E-state index contributed by atoms with van der Waals surface area (Å²) in [6, 6.07) is 17.6. The Morgan fingerprint density at radius 1 is 0.964 bits per heavy atom. The highest BCUT2D eigenvalue weighted by atomic mass is 16.2. The summed E-state index contributed by atoms with van der Waals surface area (Å²) < 4.78 is 3.20. The summed E-state index contributed by atoms with van der Waals surface area (Å²) in [5.74, 6) is 0.546. The fraction of sp³-hybridized carbons (Fsp3) is 0.0526. The maximum absolute atomic E-state index is 12.2. The Hall–Kier alpha value is -4.14. The molecular formula is C19H14N8O. The first kappa shape index (κ1) is 16.1. The summed E-state index contributed by atoms with van der Waals surface area (Å²) in [4.78, 5) is 20.3. The molecule has 9 heteroatoms. The van der Waals surface area contributed by atoms with Crippen molar-refractivity contribution in [2.75, 3.05) is 0 Å². The van der Waals surface area contributed by atoms with E-state index in [1.165, 1.54) is 0 Å². The molecule has 0 radical (unpaired) electrons. The van der Waals surface area contributed by atoms with Gasteiger partial charge in [0.1, 0.15) is 6.33 Å². The molecule has 1 N–H and O–H groups in total. The number of aromatic nitrogens is 8. The predicted octanol–water partition coefficient (Wildman–Crippen LogP) is 1.79. The number of aromatic amines is 1. The first-order valence-electron chi connectivity index (χ1n) is 8.61. The first-order chi connectivity index (χ1) is 13.8. The van der Waals surface area contributed by atoms with Gasteiger partial charge in [0.25, 0.3) is 0 Å². The van der Waals surface area contributed by atoms with Crippen LogP contribution >= 0.6 is 0 Å². The van der Waals surface area contributed by atoms with E-state index in [0.717, 1.165) is 22.3 Å². The smallest absolute Gasteiger partial charge is 0.245 e. The number of fused-ring (bicyclic) bond motifs is 1. The second-order valence-corrected chi connectivity index (χ2v) is 6.21. The van der Waals surface area contributed by atoms with E-state index >= 15 is 0 Å². The Labute approximate surface area is 158 Å². The Morgan fingerprint density at radius 2 is 1.79 bits per heavy atom. The van der Waals surface area contributed by atoms with Crippen LogP contribution in [0.1, 0.15) is 5.56 Å². The van der Waals surface area contributed by atoms with E-state index in [9.17, 15) is 4.79 Å². The van der Waals surface area contributed by atoms with Gasteiger partial charge in [0, 0.05) is 17.8 Å². The van der Waals surface area contributed by atoms with Crippen molar-refractivity contribution >= 4 is 5.65 Å². The number of hydrogen-bond acceptors (Lipinski definition) is 6. The fourth-order valence-electron chi connectivity index (χ4n) is 3.18. The minimum absolute atomic E-state index is 0.306. The molecule has 0 spiro atoms. The molecule has 0 atom stereocenters. The maximum Gasteiger partial charge on any atom is 0.365 e. The largest absolute Gasteiger partial charge is 0.365 e. The molecule has 9 nitrogen and oxygen atoms in total. The molecule has 5 aromatic rings. The standard InChI is InChI=1S/C19H14N8O/c28-19-21-17-9-10-20-12-27(17)26(19)11-13-5-7-14(8-6-13)15-3-1-2-4-16(15)18-22-24-25-23-18/h1-10,12H,11H2,(H,22,23,24,25). The number of rotatable bonds is 4. The molecule has 3 heterocycles. The Morgan fingerprint density at radius 3 is 2.57 bits per heavy atom. The number of nitrogens with zero attached hydrogens (tertiary/aromatic N) is 7. The SMILES string of the molecule is O=c1nc2ccncn2n1Cc1ccc(-c2ccccc2-c2nn[nH]n2)cc1. The van der Waals surface area contributed by atoms with Gasteiger partial charge < -0.3 is 0 Å². The quantitative estimate of drug-likeness (QED) is 0.517. The summed E-state index contributed by atoms with van der Waals surface area (Å²) in [6.07, 6.45) is 3.20. The molecule has 136 valence electrons. The number of H-pyrrole nitrogens is 1. The lowest BCUT2D eigenvalue weighted by atomic mass is 9.98. The van der Waals surface area contributed by atoms with Gasteiger partial charge in [0.05, 0.1) is 6.54 Å². The van der Waals surface area contributed by atoms with Gasteiger partial charge >= 0.3 is 5.69 Å². The molecule has 0 saturated carbocycles. The molecule has 0 aliphatic carbocycles. The normalized spacial score (nSPS) is 11.1. The number of nitrogens with one attached hydrogen (secondary N) is 1.